The Morgan fingerprint density at radius 3 is 2.10 bits per heavy atom. The quantitative estimate of drug-likeness (QED) is 0.544. The highest BCUT2D eigenvalue weighted by atomic mass is 16.6. The molecule has 4 bridgehead atoms. The number of rotatable bonds is 8. The molecular formula is C16H26O5. The Morgan fingerprint density at radius 2 is 1.52 bits per heavy atom. The molecule has 4 fully saturated rings. The Kier molecular flexibility index (Phi) is 4.82. The fourth-order valence-corrected chi connectivity index (χ4v) is 4.87. The van der Waals surface area contributed by atoms with Crippen molar-refractivity contribution in [2.45, 2.75) is 44.1 Å². The van der Waals surface area contributed by atoms with Crippen molar-refractivity contribution in [3.63, 3.8) is 0 Å². The van der Waals surface area contributed by atoms with E-state index < -0.39 is 0 Å². The molecule has 120 valence electrons. The molecule has 0 aromatic heterocycles. The van der Waals surface area contributed by atoms with Gasteiger partial charge in [0.1, 0.15) is 12.2 Å². The summed E-state index contributed by atoms with van der Waals surface area (Å²) in [5.74, 6) is 2.09. The van der Waals surface area contributed by atoms with Gasteiger partial charge in [0.05, 0.1) is 26.4 Å². The van der Waals surface area contributed by atoms with E-state index >= 15 is 0 Å². The predicted octanol–water partition coefficient (Wildman–Crippen LogP) is 1.52. The number of hydrogen-bond donors (Lipinski definition) is 1. The summed E-state index contributed by atoms with van der Waals surface area (Å²) in [6.45, 7) is 1.07. The van der Waals surface area contributed by atoms with E-state index in [1.165, 1.54) is 19.3 Å². The molecule has 0 radical (unpaired) electrons. The summed E-state index contributed by atoms with van der Waals surface area (Å²) in [5.41, 5.74) is -0.178. The van der Waals surface area contributed by atoms with Gasteiger partial charge in [-0.1, -0.05) is 0 Å². The Hall–Kier alpha value is -0.650. The lowest BCUT2D eigenvalue weighted by Gasteiger charge is -2.55. The second-order valence-corrected chi connectivity index (χ2v) is 6.96. The molecule has 0 heterocycles. The Bertz CT molecular complexity index is 332. The minimum atomic E-state index is -0.237. The van der Waals surface area contributed by atoms with Gasteiger partial charge >= 0.3 is 5.97 Å². The first-order valence-corrected chi connectivity index (χ1v) is 8.17. The molecule has 0 unspecified atom stereocenters. The van der Waals surface area contributed by atoms with Crippen molar-refractivity contribution in [3.05, 3.63) is 0 Å². The second kappa shape index (κ2) is 6.63. The van der Waals surface area contributed by atoms with Crippen LogP contribution >= 0.6 is 0 Å². The number of carbonyl (C=O) groups is 1. The molecule has 4 aliphatic rings. The van der Waals surface area contributed by atoms with Crippen LogP contribution < -0.4 is 0 Å². The van der Waals surface area contributed by atoms with Crippen LogP contribution in [0.5, 0.6) is 0 Å². The fraction of sp³-hybridized carbons (Fsp3) is 0.938. The van der Waals surface area contributed by atoms with Crippen molar-refractivity contribution in [1.29, 1.82) is 0 Å². The van der Waals surface area contributed by atoms with E-state index in [1.807, 2.05) is 0 Å². The molecule has 4 rings (SSSR count). The molecule has 0 aliphatic heterocycles. The van der Waals surface area contributed by atoms with Gasteiger partial charge in [-0.05, 0) is 56.3 Å². The highest BCUT2D eigenvalue weighted by molar-refractivity contribution is 5.71. The normalized spacial score (nSPS) is 36.9. The molecule has 0 spiro atoms. The van der Waals surface area contributed by atoms with Gasteiger partial charge in [-0.3, -0.25) is 0 Å². The van der Waals surface area contributed by atoms with Crippen LogP contribution in [0.4, 0.5) is 0 Å². The second-order valence-electron chi connectivity index (χ2n) is 6.96. The van der Waals surface area contributed by atoms with Gasteiger partial charge in [0.15, 0.2) is 0 Å². The number of carbonyl (C=O) groups excluding carboxylic acids is 1. The maximum Gasteiger partial charge on any atom is 0.332 e. The zero-order chi connectivity index (χ0) is 14.7. The van der Waals surface area contributed by atoms with Crippen molar-refractivity contribution >= 4 is 5.97 Å². The summed E-state index contributed by atoms with van der Waals surface area (Å²) < 4.78 is 16.2. The number of aliphatic hydroxyl groups excluding tert-OH is 1. The van der Waals surface area contributed by atoms with Crippen LogP contribution in [0, 0.1) is 17.8 Å². The molecular weight excluding hydrogens is 272 g/mol. The summed E-state index contributed by atoms with van der Waals surface area (Å²) in [5, 5.41) is 8.56. The first-order valence-electron chi connectivity index (χ1n) is 8.17. The van der Waals surface area contributed by atoms with E-state index in [0.717, 1.165) is 37.0 Å². The standard InChI is InChI=1S/C16H26O5/c17-1-2-19-3-4-20-11-15(18)21-16-8-12-5-13(9-16)7-14(6-12)10-16/h12-14,17H,1-11H2. The molecule has 0 aromatic carbocycles. The van der Waals surface area contributed by atoms with E-state index in [9.17, 15) is 4.79 Å². The van der Waals surface area contributed by atoms with Gasteiger partial charge in [0.25, 0.3) is 0 Å². The zero-order valence-electron chi connectivity index (χ0n) is 12.6. The third-order valence-electron chi connectivity index (χ3n) is 5.14. The average molecular weight is 298 g/mol. The Labute approximate surface area is 125 Å². The predicted molar refractivity (Wildman–Crippen MR) is 75.7 cm³/mol. The monoisotopic (exact) mass is 298 g/mol. The fourth-order valence-electron chi connectivity index (χ4n) is 4.87. The Balaban J connectivity index is 1.39. The molecule has 1 N–H and O–H groups in total. The van der Waals surface area contributed by atoms with E-state index in [0.29, 0.717) is 19.8 Å². The van der Waals surface area contributed by atoms with Crippen molar-refractivity contribution in [3.8, 4) is 0 Å². The molecule has 4 saturated carbocycles. The number of aliphatic hydroxyl groups is 1. The van der Waals surface area contributed by atoms with Gasteiger partial charge in [0, 0.05) is 0 Å². The highest BCUT2D eigenvalue weighted by Crippen LogP contribution is 2.57. The van der Waals surface area contributed by atoms with Crippen LogP contribution in [-0.4, -0.2) is 49.7 Å². The van der Waals surface area contributed by atoms with Gasteiger partial charge < -0.3 is 19.3 Å². The lowest BCUT2D eigenvalue weighted by atomic mass is 9.54. The smallest absolute Gasteiger partial charge is 0.332 e. The average Bonchev–Trinajstić information content (AvgIpc) is 2.40. The van der Waals surface area contributed by atoms with Crippen LogP contribution in [0.3, 0.4) is 0 Å². The van der Waals surface area contributed by atoms with Gasteiger partial charge in [-0.15, -0.1) is 0 Å². The van der Waals surface area contributed by atoms with Gasteiger partial charge in [-0.25, -0.2) is 4.79 Å². The van der Waals surface area contributed by atoms with E-state index in [1.54, 1.807) is 0 Å². The minimum absolute atomic E-state index is 0.00420. The molecule has 0 atom stereocenters. The minimum Gasteiger partial charge on any atom is -0.457 e. The van der Waals surface area contributed by atoms with Crippen LogP contribution in [-0.2, 0) is 19.0 Å². The molecule has 21 heavy (non-hydrogen) atoms. The topological polar surface area (TPSA) is 65.0 Å². The summed E-state index contributed by atoms with van der Waals surface area (Å²) in [6.07, 6.45) is 7.21. The van der Waals surface area contributed by atoms with Crippen molar-refractivity contribution in [2.75, 3.05) is 33.0 Å². The maximum absolute atomic E-state index is 12.0. The lowest BCUT2D eigenvalue weighted by molar-refractivity contribution is -0.191. The molecule has 0 amide bonds. The van der Waals surface area contributed by atoms with E-state index in [-0.39, 0.29) is 24.8 Å². The SMILES string of the molecule is O=C(COCCOCCO)OC12CC3CC(CC(C3)C1)C2. The van der Waals surface area contributed by atoms with E-state index in [2.05, 4.69) is 0 Å². The molecule has 5 nitrogen and oxygen atoms in total. The summed E-state index contributed by atoms with van der Waals surface area (Å²) in [7, 11) is 0. The summed E-state index contributed by atoms with van der Waals surface area (Å²) >= 11 is 0. The first-order chi connectivity index (χ1) is 10.2. The molecule has 0 aromatic rings. The maximum atomic E-state index is 12.0. The van der Waals surface area contributed by atoms with Crippen LogP contribution in [0.25, 0.3) is 0 Å². The van der Waals surface area contributed by atoms with Gasteiger partial charge in [0.2, 0.25) is 0 Å². The van der Waals surface area contributed by atoms with E-state index in [4.69, 9.17) is 19.3 Å². The summed E-state index contributed by atoms with van der Waals surface area (Å²) in [4.78, 5) is 12.0. The molecule has 0 saturated heterocycles. The lowest BCUT2D eigenvalue weighted by Crippen LogP contribution is -2.53. The van der Waals surface area contributed by atoms with Crippen molar-refractivity contribution < 1.29 is 24.1 Å². The van der Waals surface area contributed by atoms with Crippen molar-refractivity contribution in [2.24, 2.45) is 17.8 Å². The Morgan fingerprint density at radius 1 is 0.952 bits per heavy atom. The highest BCUT2D eigenvalue weighted by Gasteiger charge is 2.53. The number of esters is 1. The first kappa shape index (κ1) is 15.3. The largest absolute Gasteiger partial charge is 0.457 e. The number of ether oxygens (including phenoxy) is 3. The number of hydrogen-bond acceptors (Lipinski definition) is 5. The van der Waals surface area contributed by atoms with Crippen LogP contribution in [0.15, 0.2) is 0 Å². The third kappa shape index (κ3) is 3.76. The molecule has 4 aliphatic carbocycles. The third-order valence-corrected chi connectivity index (χ3v) is 5.14. The molecule has 5 heteroatoms. The van der Waals surface area contributed by atoms with Crippen molar-refractivity contribution in [1.82, 2.24) is 0 Å². The van der Waals surface area contributed by atoms with Gasteiger partial charge in [-0.2, -0.15) is 0 Å². The van der Waals surface area contributed by atoms with Crippen LogP contribution in [0.2, 0.25) is 0 Å². The summed E-state index contributed by atoms with van der Waals surface area (Å²) in [6, 6.07) is 0. The van der Waals surface area contributed by atoms with Crippen LogP contribution in [0.1, 0.15) is 38.5 Å². The zero-order valence-corrected chi connectivity index (χ0v) is 12.6.